The largest absolute Gasteiger partial charge is 0.497 e. The molecule has 0 heterocycles. The fourth-order valence-corrected chi connectivity index (χ4v) is 2.54. The van der Waals surface area contributed by atoms with Gasteiger partial charge in [-0.15, -0.1) is 0 Å². The zero-order valence-corrected chi connectivity index (χ0v) is 17.9. The SMILES string of the molecule is COc1ccc(C=CC(=O)OC(F)(F)C(F)(F)C(F)(F)C(F)(F)C(F)(F)CCCCC(F)(F)F)cc1. The van der Waals surface area contributed by atoms with Crippen LogP contribution in [0.1, 0.15) is 31.2 Å². The topological polar surface area (TPSA) is 35.5 Å². The lowest BCUT2D eigenvalue weighted by Crippen LogP contribution is -2.67. The number of methoxy groups -OCH3 is 1. The maximum absolute atomic E-state index is 13.8. The van der Waals surface area contributed by atoms with Gasteiger partial charge in [-0.05, 0) is 36.6 Å². The Kier molecular flexibility index (Phi) is 9.36. The summed E-state index contributed by atoms with van der Waals surface area (Å²) in [4.78, 5) is 11.4. The van der Waals surface area contributed by atoms with Gasteiger partial charge in [-0.2, -0.15) is 57.1 Å². The minimum atomic E-state index is -7.52. The Bertz CT molecular complexity index is 906. The van der Waals surface area contributed by atoms with Crippen LogP contribution < -0.4 is 4.74 Å². The van der Waals surface area contributed by atoms with Crippen LogP contribution in [-0.2, 0) is 9.53 Å². The van der Waals surface area contributed by atoms with Crippen molar-refractivity contribution in [2.75, 3.05) is 7.11 Å². The van der Waals surface area contributed by atoms with Gasteiger partial charge < -0.3 is 9.47 Å². The molecule has 1 aromatic rings. The van der Waals surface area contributed by atoms with Gasteiger partial charge >= 0.3 is 41.9 Å². The molecule has 0 fully saturated rings. The zero-order valence-electron chi connectivity index (χ0n) is 17.9. The number of carbonyl (C=O) groups is 1. The molecule has 0 saturated carbocycles. The lowest BCUT2D eigenvalue weighted by Gasteiger charge is -2.38. The average Bonchev–Trinajstić information content (AvgIpc) is 2.74. The Hall–Kier alpha value is -2.68. The van der Waals surface area contributed by atoms with Crippen LogP contribution in [0, 0.1) is 0 Å². The fourth-order valence-electron chi connectivity index (χ4n) is 2.54. The van der Waals surface area contributed by atoms with Gasteiger partial charge in [0, 0.05) is 18.9 Å². The van der Waals surface area contributed by atoms with Gasteiger partial charge in [-0.25, -0.2) is 4.79 Å². The van der Waals surface area contributed by atoms with Gasteiger partial charge in [-0.1, -0.05) is 12.1 Å². The van der Waals surface area contributed by atoms with E-state index in [1.165, 1.54) is 31.4 Å². The molecule has 206 valence electrons. The molecule has 3 nitrogen and oxygen atoms in total. The number of hydrogen-bond donors (Lipinski definition) is 0. The maximum Gasteiger partial charge on any atom is 0.473 e. The molecule has 0 aliphatic heterocycles. The number of benzene rings is 1. The molecule has 0 aliphatic carbocycles. The zero-order chi connectivity index (χ0) is 28.2. The molecule has 0 aromatic heterocycles. The average molecular weight is 552 g/mol. The first-order valence-corrected chi connectivity index (χ1v) is 9.62. The highest BCUT2D eigenvalue weighted by molar-refractivity contribution is 5.87. The van der Waals surface area contributed by atoms with Crippen LogP contribution in [0.5, 0.6) is 5.75 Å². The van der Waals surface area contributed by atoms with E-state index in [1.807, 2.05) is 0 Å². The number of carbonyl (C=O) groups excluding carboxylic acids is 1. The number of halogens is 13. The number of ether oxygens (including phenoxy) is 2. The number of rotatable bonds is 12. The van der Waals surface area contributed by atoms with E-state index in [0.29, 0.717) is 11.8 Å². The van der Waals surface area contributed by atoms with Crippen LogP contribution in [0.4, 0.5) is 57.1 Å². The van der Waals surface area contributed by atoms with Gasteiger partial charge in [0.15, 0.2) is 0 Å². The molecule has 0 spiro atoms. The summed E-state index contributed by atoms with van der Waals surface area (Å²) in [6, 6.07) is 5.06. The maximum atomic E-state index is 13.8. The molecule has 0 amide bonds. The molecule has 1 aromatic carbocycles. The molecule has 0 aliphatic rings. The third kappa shape index (κ3) is 6.96. The molecule has 0 radical (unpaired) electrons. The Morgan fingerprint density at radius 3 is 1.72 bits per heavy atom. The quantitative estimate of drug-likeness (QED) is 0.117. The van der Waals surface area contributed by atoms with Crippen LogP contribution in [-0.4, -0.2) is 49.1 Å². The summed E-state index contributed by atoms with van der Waals surface area (Å²) < 4.78 is 181. The van der Waals surface area contributed by atoms with Gasteiger partial charge in [0.1, 0.15) is 5.75 Å². The number of unbranched alkanes of at least 4 members (excludes halogenated alkanes) is 1. The number of esters is 1. The Morgan fingerprint density at radius 2 is 1.25 bits per heavy atom. The molecule has 0 saturated heterocycles. The summed E-state index contributed by atoms with van der Waals surface area (Å²) >= 11 is 0. The molecule has 0 bridgehead atoms. The van der Waals surface area contributed by atoms with E-state index in [4.69, 9.17) is 4.74 Å². The van der Waals surface area contributed by atoms with Crippen molar-refractivity contribution in [3.63, 3.8) is 0 Å². The van der Waals surface area contributed by atoms with Gasteiger partial charge in [0.05, 0.1) is 7.11 Å². The van der Waals surface area contributed by atoms with Crippen molar-refractivity contribution < 1.29 is 71.3 Å². The third-order valence-corrected chi connectivity index (χ3v) is 4.57. The van der Waals surface area contributed by atoms with Gasteiger partial charge in [0.2, 0.25) is 0 Å². The van der Waals surface area contributed by atoms with Crippen molar-refractivity contribution >= 4 is 12.0 Å². The first-order valence-electron chi connectivity index (χ1n) is 9.62. The van der Waals surface area contributed by atoms with Crippen molar-refractivity contribution in [3.05, 3.63) is 35.9 Å². The predicted molar refractivity (Wildman–Crippen MR) is 97.4 cm³/mol. The molecule has 16 heteroatoms. The predicted octanol–water partition coefficient (Wildman–Crippen LogP) is 7.51. The third-order valence-electron chi connectivity index (χ3n) is 4.57. The van der Waals surface area contributed by atoms with Crippen molar-refractivity contribution in [2.45, 2.75) is 61.7 Å². The van der Waals surface area contributed by atoms with E-state index < -0.39 is 67.6 Å². The van der Waals surface area contributed by atoms with Crippen molar-refractivity contribution in [2.24, 2.45) is 0 Å². The standard InChI is InChI=1S/C20H17F13O3/c1-35-13-7-4-12(5-8-13)6-9-14(34)36-20(32,33)19(30,31)18(28,29)17(26,27)15(21,22)10-2-3-11-16(23,24)25/h4-9H,2-3,10-11H2,1H3. The van der Waals surface area contributed by atoms with E-state index in [-0.39, 0.29) is 11.6 Å². The van der Waals surface area contributed by atoms with E-state index >= 15 is 0 Å². The van der Waals surface area contributed by atoms with Crippen LogP contribution in [0.3, 0.4) is 0 Å². The second kappa shape index (κ2) is 10.7. The van der Waals surface area contributed by atoms with Crippen molar-refractivity contribution in [3.8, 4) is 5.75 Å². The molecule has 0 unspecified atom stereocenters. The van der Waals surface area contributed by atoms with Gasteiger partial charge in [0.25, 0.3) is 0 Å². The summed E-state index contributed by atoms with van der Waals surface area (Å²) in [6.45, 7) is 0. The molecular formula is C20H17F13O3. The van der Waals surface area contributed by atoms with Crippen LogP contribution in [0.25, 0.3) is 6.08 Å². The van der Waals surface area contributed by atoms with Crippen LogP contribution >= 0.6 is 0 Å². The highest BCUT2D eigenvalue weighted by Gasteiger charge is 2.87. The smallest absolute Gasteiger partial charge is 0.473 e. The molecule has 0 N–H and O–H groups in total. The second-order valence-corrected chi connectivity index (χ2v) is 7.29. The van der Waals surface area contributed by atoms with E-state index in [1.54, 1.807) is 0 Å². The lowest BCUT2D eigenvalue weighted by molar-refractivity contribution is -0.436. The first kappa shape index (κ1) is 31.4. The van der Waals surface area contributed by atoms with E-state index in [0.717, 1.165) is 0 Å². The summed E-state index contributed by atoms with van der Waals surface area (Å²) in [5.41, 5.74) is 0.0601. The molecule has 1 rings (SSSR count). The minimum Gasteiger partial charge on any atom is -0.497 e. The normalized spacial score (nSPS) is 14.3. The fraction of sp³-hybridized carbons (Fsp3) is 0.550. The monoisotopic (exact) mass is 552 g/mol. The molecule has 0 atom stereocenters. The first-order chi connectivity index (χ1) is 16.1. The Balaban J connectivity index is 3.03. The van der Waals surface area contributed by atoms with Crippen molar-refractivity contribution in [1.82, 2.24) is 0 Å². The highest BCUT2D eigenvalue weighted by Crippen LogP contribution is 2.58. The Morgan fingerprint density at radius 1 is 0.750 bits per heavy atom. The summed E-state index contributed by atoms with van der Waals surface area (Å²) in [7, 11) is 1.29. The summed E-state index contributed by atoms with van der Waals surface area (Å²) in [5.74, 6) is -30.3. The Labute approximate surface area is 194 Å². The molecule has 36 heavy (non-hydrogen) atoms. The number of hydrogen-bond acceptors (Lipinski definition) is 3. The summed E-state index contributed by atoms with van der Waals surface area (Å²) in [5, 5.41) is 0. The van der Waals surface area contributed by atoms with Gasteiger partial charge in [-0.3, -0.25) is 0 Å². The van der Waals surface area contributed by atoms with Crippen LogP contribution in [0.15, 0.2) is 30.3 Å². The highest BCUT2D eigenvalue weighted by atomic mass is 19.4. The van der Waals surface area contributed by atoms with Crippen molar-refractivity contribution in [1.29, 1.82) is 0 Å². The summed E-state index contributed by atoms with van der Waals surface area (Å²) in [6.07, 6.45) is -17.9. The molecular weight excluding hydrogens is 535 g/mol. The van der Waals surface area contributed by atoms with Crippen LogP contribution in [0.2, 0.25) is 0 Å². The van der Waals surface area contributed by atoms with E-state index in [2.05, 4.69) is 4.74 Å². The minimum absolute atomic E-state index is 0.0390. The second-order valence-electron chi connectivity index (χ2n) is 7.29. The lowest BCUT2D eigenvalue weighted by atomic mass is 9.94. The van der Waals surface area contributed by atoms with E-state index in [9.17, 15) is 61.9 Å². The number of alkyl halides is 13.